The molecule has 0 aromatic carbocycles. The largest absolute Gasteiger partial charge is 0.490 e. The molecule has 0 aromatic heterocycles. The summed E-state index contributed by atoms with van der Waals surface area (Å²) in [5.41, 5.74) is 0. The zero-order valence-corrected chi connectivity index (χ0v) is 8.96. The van der Waals surface area contributed by atoms with Crippen LogP contribution in [0, 0.1) is 5.92 Å². The van der Waals surface area contributed by atoms with Gasteiger partial charge in [0.25, 0.3) is 0 Å². The molecular weight excluding hydrogens is 243 g/mol. The molecule has 5 nitrogen and oxygen atoms in total. The Morgan fingerprint density at radius 2 is 1.82 bits per heavy atom. The molecule has 0 unspecified atom stereocenters. The highest BCUT2D eigenvalue weighted by atomic mass is 19.4. The van der Waals surface area contributed by atoms with Gasteiger partial charge in [-0.25, -0.2) is 4.79 Å². The van der Waals surface area contributed by atoms with Crippen molar-refractivity contribution in [3.05, 3.63) is 0 Å². The van der Waals surface area contributed by atoms with Crippen molar-refractivity contribution >= 4 is 11.9 Å². The SMILES string of the molecule is O=C(O)C(F)(F)F.O=C(O)C[C@H]1CCCNC1. The number of nitrogens with one attached hydrogen (secondary N) is 1. The molecule has 0 aliphatic carbocycles. The van der Waals surface area contributed by atoms with E-state index < -0.39 is 18.1 Å². The fraction of sp³-hybridized carbons (Fsp3) is 0.778. The van der Waals surface area contributed by atoms with Gasteiger partial charge in [0.05, 0.1) is 0 Å². The first kappa shape index (κ1) is 15.7. The minimum atomic E-state index is -5.08. The van der Waals surface area contributed by atoms with E-state index in [-0.39, 0.29) is 0 Å². The Morgan fingerprint density at radius 1 is 1.29 bits per heavy atom. The van der Waals surface area contributed by atoms with Gasteiger partial charge in [0.15, 0.2) is 0 Å². The predicted molar refractivity (Wildman–Crippen MR) is 51.5 cm³/mol. The first-order valence-corrected chi connectivity index (χ1v) is 4.96. The number of aliphatic carboxylic acids is 2. The number of carboxylic acids is 2. The molecule has 1 rings (SSSR count). The molecule has 1 heterocycles. The Balaban J connectivity index is 0.000000325. The number of hydrogen-bond donors (Lipinski definition) is 3. The third-order valence-corrected chi connectivity index (χ3v) is 2.10. The Morgan fingerprint density at radius 3 is 2.12 bits per heavy atom. The molecule has 1 fully saturated rings. The zero-order chi connectivity index (χ0) is 13.5. The van der Waals surface area contributed by atoms with Crippen LogP contribution in [-0.4, -0.2) is 41.4 Å². The molecule has 0 radical (unpaired) electrons. The first-order chi connectivity index (χ1) is 7.73. The second-order valence-corrected chi connectivity index (χ2v) is 3.61. The Hall–Kier alpha value is -1.31. The van der Waals surface area contributed by atoms with Gasteiger partial charge >= 0.3 is 18.1 Å². The van der Waals surface area contributed by atoms with Crippen LogP contribution in [0.1, 0.15) is 19.3 Å². The normalized spacial score (nSPS) is 20.1. The molecule has 8 heteroatoms. The number of carboxylic acid groups (broad SMARTS) is 2. The van der Waals surface area contributed by atoms with E-state index in [2.05, 4.69) is 5.32 Å². The smallest absolute Gasteiger partial charge is 0.481 e. The number of rotatable bonds is 2. The molecule has 1 aliphatic heterocycles. The summed E-state index contributed by atoms with van der Waals surface area (Å²) in [6.45, 7) is 1.93. The van der Waals surface area contributed by atoms with E-state index in [1.54, 1.807) is 0 Å². The van der Waals surface area contributed by atoms with Gasteiger partial charge in [-0.1, -0.05) is 0 Å². The summed E-state index contributed by atoms with van der Waals surface area (Å²) in [6, 6.07) is 0. The molecule has 100 valence electrons. The molecule has 1 atom stereocenters. The fourth-order valence-corrected chi connectivity index (χ4v) is 1.35. The van der Waals surface area contributed by atoms with E-state index in [1.807, 2.05) is 0 Å². The molecule has 3 N–H and O–H groups in total. The lowest BCUT2D eigenvalue weighted by Gasteiger charge is -2.20. The second kappa shape index (κ2) is 7.10. The average Bonchev–Trinajstić information content (AvgIpc) is 2.17. The predicted octanol–water partition coefficient (Wildman–Crippen LogP) is 1.09. The maximum absolute atomic E-state index is 10.6. The van der Waals surface area contributed by atoms with Gasteiger partial charge in [-0.2, -0.15) is 13.2 Å². The third kappa shape index (κ3) is 8.49. The number of alkyl halides is 3. The summed E-state index contributed by atoms with van der Waals surface area (Å²) in [4.78, 5) is 19.1. The van der Waals surface area contributed by atoms with Gasteiger partial charge in [-0.15, -0.1) is 0 Å². The molecule has 17 heavy (non-hydrogen) atoms. The molecule has 0 bridgehead atoms. The van der Waals surface area contributed by atoms with E-state index in [0.29, 0.717) is 12.3 Å². The van der Waals surface area contributed by atoms with Gasteiger partial charge in [0.1, 0.15) is 0 Å². The van der Waals surface area contributed by atoms with Crippen LogP contribution in [0.4, 0.5) is 13.2 Å². The number of halogens is 3. The lowest BCUT2D eigenvalue weighted by atomic mass is 9.96. The van der Waals surface area contributed by atoms with Crippen molar-refractivity contribution in [1.29, 1.82) is 0 Å². The van der Waals surface area contributed by atoms with E-state index in [0.717, 1.165) is 25.9 Å². The van der Waals surface area contributed by atoms with E-state index in [1.165, 1.54) is 0 Å². The van der Waals surface area contributed by atoms with Crippen molar-refractivity contribution in [2.45, 2.75) is 25.4 Å². The van der Waals surface area contributed by atoms with Crippen molar-refractivity contribution in [3.63, 3.8) is 0 Å². The van der Waals surface area contributed by atoms with Crippen LogP contribution < -0.4 is 5.32 Å². The van der Waals surface area contributed by atoms with E-state index in [9.17, 15) is 18.0 Å². The monoisotopic (exact) mass is 257 g/mol. The van der Waals surface area contributed by atoms with Crippen LogP contribution in [0.5, 0.6) is 0 Å². The summed E-state index contributed by atoms with van der Waals surface area (Å²) in [6.07, 6.45) is -2.57. The Bertz CT molecular complexity index is 261. The molecule has 0 spiro atoms. The molecule has 0 aromatic rings. The van der Waals surface area contributed by atoms with Crippen molar-refractivity contribution in [2.24, 2.45) is 5.92 Å². The van der Waals surface area contributed by atoms with Crippen molar-refractivity contribution < 1.29 is 33.0 Å². The van der Waals surface area contributed by atoms with Gasteiger partial charge in [-0.3, -0.25) is 4.79 Å². The average molecular weight is 257 g/mol. The van der Waals surface area contributed by atoms with Crippen LogP contribution in [0.3, 0.4) is 0 Å². The lowest BCUT2D eigenvalue weighted by molar-refractivity contribution is -0.192. The fourth-order valence-electron chi connectivity index (χ4n) is 1.35. The summed E-state index contributed by atoms with van der Waals surface area (Å²) in [7, 11) is 0. The zero-order valence-electron chi connectivity index (χ0n) is 8.96. The third-order valence-electron chi connectivity index (χ3n) is 2.10. The molecule has 0 saturated carbocycles. The maximum atomic E-state index is 10.6. The van der Waals surface area contributed by atoms with Crippen molar-refractivity contribution in [1.82, 2.24) is 5.32 Å². The van der Waals surface area contributed by atoms with E-state index in [4.69, 9.17) is 15.0 Å². The first-order valence-electron chi connectivity index (χ1n) is 4.96. The van der Waals surface area contributed by atoms with Crippen LogP contribution >= 0.6 is 0 Å². The summed E-state index contributed by atoms with van der Waals surface area (Å²) >= 11 is 0. The molecular formula is C9H14F3NO4. The van der Waals surface area contributed by atoms with Crippen LogP contribution in [0.2, 0.25) is 0 Å². The van der Waals surface area contributed by atoms with Crippen LogP contribution in [0.15, 0.2) is 0 Å². The minimum Gasteiger partial charge on any atom is -0.481 e. The van der Waals surface area contributed by atoms with Crippen molar-refractivity contribution in [3.8, 4) is 0 Å². The van der Waals surface area contributed by atoms with E-state index >= 15 is 0 Å². The highest BCUT2D eigenvalue weighted by Gasteiger charge is 2.38. The summed E-state index contributed by atoms with van der Waals surface area (Å²) in [5.74, 6) is -3.06. The molecule has 1 saturated heterocycles. The van der Waals surface area contributed by atoms with Gasteiger partial charge in [0, 0.05) is 6.42 Å². The topological polar surface area (TPSA) is 86.6 Å². The summed E-state index contributed by atoms with van der Waals surface area (Å²) < 4.78 is 31.7. The van der Waals surface area contributed by atoms with Gasteiger partial charge < -0.3 is 15.5 Å². The standard InChI is InChI=1S/C7H13NO2.C2HF3O2/c9-7(10)4-6-2-1-3-8-5-6;3-2(4,5)1(6)7/h6,8H,1-5H2,(H,9,10);(H,6,7)/t6-;/m1./s1. The quantitative estimate of drug-likeness (QED) is 0.689. The van der Waals surface area contributed by atoms with Crippen LogP contribution in [-0.2, 0) is 9.59 Å². The van der Waals surface area contributed by atoms with Crippen LogP contribution in [0.25, 0.3) is 0 Å². The number of piperidine rings is 1. The Labute approximate surface area is 95.6 Å². The number of carbonyl (C=O) groups is 2. The van der Waals surface area contributed by atoms with Gasteiger partial charge in [0.2, 0.25) is 0 Å². The summed E-state index contributed by atoms with van der Waals surface area (Å²) in [5, 5.41) is 18.7. The lowest BCUT2D eigenvalue weighted by Crippen LogP contribution is -2.30. The second-order valence-electron chi connectivity index (χ2n) is 3.61. The number of hydrogen-bond acceptors (Lipinski definition) is 3. The van der Waals surface area contributed by atoms with Gasteiger partial charge in [-0.05, 0) is 31.8 Å². The van der Waals surface area contributed by atoms with Crippen molar-refractivity contribution in [2.75, 3.05) is 13.1 Å². The maximum Gasteiger partial charge on any atom is 0.490 e. The molecule has 0 amide bonds. The highest BCUT2D eigenvalue weighted by Crippen LogP contribution is 2.13. The minimum absolute atomic E-state index is 0.326. The Kier molecular flexibility index (Phi) is 6.55. The molecule has 1 aliphatic rings. The highest BCUT2D eigenvalue weighted by molar-refractivity contribution is 5.73.